The number of nitrogens with one attached hydrogen (secondary N) is 1. The van der Waals surface area contributed by atoms with Gasteiger partial charge in [-0.1, -0.05) is 12.8 Å². The normalized spacial score (nSPS) is 35.5. The Morgan fingerprint density at radius 1 is 1.10 bits per heavy atom. The van der Waals surface area contributed by atoms with Gasteiger partial charge < -0.3 is 15.2 Å². The van der Waals surface area contributed by atoms with Gasteiger partial charge in [-0.25, -0.2) is 0 Å². The van der Waals surface area contributed by atoms with Crippen molar-refractivity contribution in [2.75, 3.05) is 32.8 Å². The van der Waals surface area contributed by atoms with Gasteiger partial charge in [-0.3, -0.25) is 4.90 Å². The molecule has 0 aromatic rings. The average Bonchev–Trinajstić information content (AvgIpc) is 2.99. The first-order valence-electron chi connectivity index (χ1n) is 8.56. The molecule has 2 N–H and O–H groups in total. The van der Waals surface area contributed by atoms with Gasteiger partial charge in [0, 0.05) is 38.3 Å². The number of aliphatic hydroxyl groups is 1. The van der Waals surface area contributed by atoms with E-state index < -0.39 is 0 Å². The lowest BCUT2D eigenvalue weighted by Crippen LogP contribution is -2.47. The van der Waals surface area contributed by atoms with Crippen LogP contribution in [-0.2, 0) is 4.74 Å². The van der Waals surface area contributed by atoms with Gasteiger partial charge in [0.1, 0.15) is 0 Å². The summed E-state index contributed by atoms with van der Waals surface area (Å²) in [4.78, 5) is 2.49. The third-order valence-electron chi connectivity index (χ3n) is 5.37. The highest BCUT2D eigenvalue weighted by molar-refractivity contribution is 4.93. The maximum Gasteiger partial charge on any atom is 0.0679 e. The van der Waals surface area contributed by atoms with E-state index in [0.29, 0.717) is 12.1 Å². The largest absolute Gasteiger partial charge is 0.392 e. The maximum absolute atomic E-state index is 9.69. The van der Waals surface area contributed by atoms with Crippen molar-refractivity contribution in [1.82, 2.24) is 10.2 Å². The number of hydrogen-bond donors (Lipinski definition) is 2. The Bertz CT molecular complexity index is 296. The van der Waals surface area contributed by atoms with E-state index in [0.717, 1.165) is 45.2 Å². The highest BCUT2D eigenvalue weighted by atomic mass is 16.5. The fraction of sp³-hybridized carbons (Fsp3) is 1.00. The van der Waals surface area contributed by atoms with Crippen LogP contribution in [0.25, 0.3) is 0 Å². The van der Waals surface area contributed by atoms with Crippen molar-refractivity contribution in [2.45, 2.75) is 63.1 Å². The Balaban J connectivity index is 1.31. The molecule has 1 aliphatic heterocycles. The molecule has 0 radical (unpaired) electrons. The minimum Gasteiger partial charge on any atom is -0.392 e. The maximum atomic E-state index is 9.69. The minimum absolute atomic E-state index is 0.0953. The number of β-amino-alcohol motifs (C(OH)–C–C–N with tert-alkyl or cyclic N) is 1. The first-order chi connectivity index (χ1) is 9.83. The summed E-state index contributed by atoms with van der Waals surface area (Å²) in [6, 6.07) is 1.24. The van der Waals surface area contributed by atoms with Crippen molar-refractivity contribution in [2.24, 2.45) is 5.92 Å². The van der Waals surface area contributed by atoms with Crippen LogP contribution >= 0.6 is 0 Å². The Morgan fingerprint density at radius 2 is 1.95 bits per heavy atom. The molecule has 1 unspecified atom stereocenters. The fourth-order valence-electron chi connectivity index (χ4n) is 3.91. The Kier molecular flexibility index (Phi) is 5.32. The number of hydrogen-bond acceptors (Lipinski definition) is 4. The lowest BCUT2D eigenvalue weighted by molar-refractivity contribution is 0.0690. The highest BCUT2D eigenvalue weighted by Gasteiger charge is 2.35. The van der Waals surface area contributed by atoms with Crippen LogP contribution < -0.4 is 5.32 Å². The first-order valence-corrected chi connectivity index (χ1v) is 8.56. The van der Waals surface area contributed by atoms with Crippen LogP contribution in [0.1, 0.15) is 44.9 Å². The minimum atomic E-state index is -0.0953. The van der Waals surface area contributed by atoms with Crippen LogP contribution in [0.3, 0.4) is 0 Å². The second-order valence-corrected chi connectivity index (χ2v) is 6.87. The standard InChI is InChI=1S/C16H30N2O2/c19-14-7-9-18(11-14)16-6-2-5-15(16)17-8-10-20-12-13-3-1-4-13/h13-17,19H,1-12H2/t14?,15-,16+/m1/s1. The van der Waals surface area contributed by atoms with E-state index >= 15 is 0 Å². The van der Waals surface area contributed by atoms with E-state index in [1.54, 1.807) is 0 Å². The van der Waals surface area contributed by atoms with Gasteiger partial charge in [-0.05, 0) is 38.0 Å². The molecule has 2 aliphatic carbocycles. The van der Waals surface area contributed by atoms with Gasteiger partial charge in [0.25, 0.3) is 0 Å². The highest BCUT2D eigenvalue weighted by Crippen LogP contribution is 2.27. The first kappa shape index (κ1) is 14.8. The van der Waals surface area contributed by atoms with E-state index in [4.69, 9.17) is 4.74 Å². The molecule has 1 saturated heterocycles. The van der Waals surface area contributed by atoms with E-state index in [1.165, 1.54) is 38.5 Å². The van der Waals surface area contributed by atoms with Gasteiger partial charge >= 0.3 is 0 Å². The van der Waals surface area contributed by atoms with Gasteiger partial charge in [0.05, 0.1) is 12.7 Å². The molecular weight excluding hydrogens is 252 g/mol. The van der Waals surface area contributed by atoms with Crippen LogP contribution in [0.15, 0.2) is 0 Å². The summed E-state index contributed by atoms with van der Waals surface area (Å²) >= 11 is 0. The van der Waals surface area contributed by atoms with E-state index in [9.17, 15) is 5.11 Å². The molecule has 0 aromatic carbocycles. The van der Waals surface area contributed by atoms with Gasteiger partial charge in [0.2, 0.25) is 0 Å². The summed E-state index contributed by atoms with van der Waals surface area (Å²) < 4.78 is 5.76. The van der Waals surface area contributed by atoms with Crippen molar-refractivity contribution >= 4 is 0 Å². The number of rotatable bonds is 7. The van der Waals surface area contributed by atoms with E-state index in [1.807, 2.05) is 0 Å². The molecule has 3 fully saturated rings. The van der Waals surface area contributed by atoms with E-state index in [2.05, 4.69) is 10.2 Å². The van der Waals surface area contributed by atoms with Crippen molar-refractivity contribution in [3.63, 3.8) is 0 Å². The molecule has 0 bridgehead atoms. The second kappa shape index (κ2) is 7.21. The molecule has 4 nitrogen and oxygen atoms in total. The average molecular weight is 282 g/mol. The van der Waals surface area contributed by atoms with Crippen LogP contribution in [0.5, 0.6) is 0 Å². The monoisotopic (exact) mass is 282 g/mol. The zero-order chi connectivity index (χ0) is 13.8. The fourth-order valence-corrected chi connectivity index (χ4v) is 3.91. The van der Waals surface area contributed by atoms with Crippen molar-refractivity contribution in [1.29, 1.82) is 0 Å². The Morgan fingerprint density at radius 3 is 2.65 bits per heavy atom. The zero-order valence-electron chi connectivity index (χ0n) is 12.6. The number of ether oxygens (including phenoxy) is 1. The molecule has 3 atom stereocenters. The van der Waals surface area contributed by atoms with Crippen LogP contribution in [0.4, 0.5) is 0 Å². The molecule has 1 heterocycles. The van der Waals surface area contributed by atoms with Crippen molar-refractivity contribution < 1.29 is 9.84 Å². The van der Waals surface area contributed by atoms with Crippen LogP contribution in [0.2, 0.25) is 0 Å². The summed E-state index contributed by atoms with van der Waals surface area (Å²) in [6.07, 6.45) is 8.88. The summed E-state index contributed by atoms with van der Waals surface area (Å²) in [7, 11) is 0. The summed E-state index contributed by atoms with van der Waals surface area (Å²) in [5.41, 5.74) is 0. The quantitative estimate of drug-likeness (QED) is 0.693. The van der Waals surface area contributed by atoms with Crippen molar-refractivity contribution in [3.05, 3.63) is 0 Å². The predicted molar refractivity (Wildman–Crippen MR) is 79.8 cm³/mol. The molecule has 0 spiro atoms. The lowest BCUT2D eigenvalue weighted by Gasteiger charge is -2.30. The SMILES string of the molecule is OC1CCN([C@H]2CCC[C@H]2NCCOCC2CCC2)C1. The molecule has 0 aromatic heterocycles. The predicted octanol–water partition coefficient (Wildman–Crippen LogP) is 1.38. The van der Waals surface area contributed by atoms with Crippen LogP contribution in [-0.4, -0.2) is 61.0 Å². The van der Waals surface area contributed by atoms with Gasteiger partial charge in [-0.2, -0.15) is 0 Å². The Hall–Kier alpha value is -0.160. The zero-order valence-corrected chi connectivity index (χ0v) is 12.6. The molecule has 3 aliphatic rings. The summed E-state index contributed by atoms with van der Waals surface area (Å²) in [5.74, 6) is 0.848. The smallest absolute Gasteiger partial charge is 0.0679 e. The molecule has 3 rings (SSSR count). The molecule has 116 valence electrons. The molecule has 4 heteroatoms. The van der Waals surface area contributed by atoms with Crippen LogP contribution in [0, 0.1) is 5.92 Å². The molecule has 20 heavy (non-hydrogen) atoms. The van der Waals surface area contributed by atoms with Gasteiger partial charge in [-0.15, -0.1) is 0 Å². The Labute approximate surface area is 122 Å². The summed E-state index contributed by atoms with van der Waals surface area (Å²) in [5, 5.41) is 13.4. The number of aliphatic hydroxyl groups excluding tert-OH is 1. The molecule has 0 amide bonds. The van der Waals surface area contributed by atoms with Gasteiger partial charge in [0.15, 0.2) is 0 Å². The third kappa shape index (κ3) is 3.73. The third-order valence-corrected chi connectivity index (χ3v) is 5.37. The topological polar surface area (TPSA) is 44.7 Å². The molecule has 2 saturated carbocycles. The summed E-state index contributed by atoms with van der Waals surface area (Å²) in [6.45, 7) is 4.74. The van der Waals surface area contributed by atoms with Crippen molar-refractivity contribution in [3.8, 4) is 0 Å². The second-order valence-electron chi connectivity index (χ2n) is 6.87. The molecular formula is C16H30N2O2. The van der Waals surface area contributed by atoms with E-state index in [-0.39, 0.29) is 6.10 Å². The number of nitrogens with zero attached hydrogens (tertiary/aromatic N) is 1. The number of likely N-dealkylation sites (tertiary alicyclic amines) is 1. The lowest BCUT2D eigenvalue weighted by atomic mass is 9.86.